The molecule has 0 heterocycles. The lowest BCUT2D eigenvalue weighted by atomic mass is 9.85. The van der Waals surface area contributed by atoms with Gasteiger partial charge in [-0.2, -0.15) is 0 Å². The van der Waals surface area contributed by atoms with Crippen molar-refractivity contribution < 1.29 is 14.3 Å². The Labute approximate surface area is 113 Å². The molecule has 4 heteroatoms. The predicted molar refractivity (Wildman–Crippen MR) is 71.6 cm³/mol. The molecule has 0 saturated heterocycles. The van der Waals surface area contributed by atoms with Crippen molar-refractivity contribution in [2.24, 2.45) is 5.92 Å². The fourth-order valence-electron chi connectivity index (χ4n) is 2.34. The number of hydrogen-bond acceptors (Lipinski definition) is 3. The third-order valence-electron chi connectivity index (χ3n) is 3.49. The van der Waals surface area contributed by atoms with Crippen LogP contribution in [0.3, 0.4) is 0 Å². The molecule has 4 nitrogen and oxygen atoms in total. The zero-order chi connectivity index (χ0) is 13.7. The maximum Gasteiger partial charge on any atom is 0.407 e. The highest BCUT2D eigenvalue weighted by Crippen LogP contribution is 2.21. The Balaban J connectivity index is 1.77. The van der Waals surface area contributed by atoms with Crippen LogP contribution in [-0.2, 0) is 16.1 Å². The number of ether oxygens (including phenoxy) is 1. The third-order valence-corrected chi connectivity index (χ3v) is 3.49. The molecule has 1 saturated carbocycles. The fourth-order valence-corrected chi connectivity index (χ4v) is 2.34. The van der Waals surface area contributed by atoms with E-state index in [0.717, 1.165) is 5.56 Å². The minimum absolute atomic E-state index is 0.0426. The number of amides is 1. The molecule has 1 fully saturated rings. The van der Waals surface area contributed by atoms with Crippen molar-refractivity contribution in [2.75, 3.05) is 0 Å². The summed E-state index contributed by atoms with van der Waals surface area (Å²) < 4.78 is 5.17. The van der Waals surface area contributed by atoms with Crippen LogP contribution in [0.1, 0.15) is 31.7 Å². The normalized spacial score (nSPS) is 22.9. The number of alkyl carbamates (subject to hydrolysis) is 1. The lowest BCUT2D eigenvalue weighted by Crippen LogP contribution is -2.43. The second-order valence-electron chi connectivity index (χ2n) is 5.07. The van der Waals surface area contributed by atoms with E-state index in [-0.39, 0.29) is 24.3 Å². The zero-order valence-corrected chi connectivity index (χ0v) is 11.1. The molecule has 2 atom stereocenters. The summed E-state index contributed by atoms with van der Waals surface area (Å²) in [5.74, 6) is 0.466. The van der Waals surface area contributed by atoms with E-state index in [1.807, 2.05) is 37.3 Å². The molecule has 1 amide bonds. The van der Waals surface area contributed by atoms with Crippen molar-refractivity contribution in [1.82, 2.24) is 5.32 Å². The SMILES string of the molecule is CC1CC(=O)CC[C@H]1NC(=O)OCc1ccccc1. The van der Waals surface area contributed by atoms with Gasteiger partial charge in [0.1, 0.15) is 12.4 Å². The summed E-state index contributed by atoms with van der Waals surface area (Å²) >= 11 is 0. The van der Waals surface area contributed by atoms with Crippen LogP contribution in [0.2, 0.25) is 0 Å². The van der Waals surface area contributed by atoms with E-state index in [0.29, 0.717) is 19.3 Å². The molecular formula is C15H19NO3. The van der Waals surface area contributed by atoms with Crippen LogP contribution < -0.4 is 5.32 Å². The number of carbonyl (C=O) groups excluding carboxylic acids is 2. The molecule has 19 heavy (non-hydrogen) atoms. The Bertz CT molecular complexity index is 444. The van der Waals surface area contributed by atoms with Crippen molar-refractivity contribution >= 4 is 11.9 Å². The van der Waals surface area contributed by atoms with Gasteiger partial charge >= 0.3 is 6.09 Å². The Morgan fingerprint density at radius 3 is 2.79 bits per heavy atom. The van der Waals surface area contributed by atoms with Crippen LogP contribution in [0.4, 0.5) is 4.79 Å². The topological polar surface area (TPSA) is 55.4 Å². The highest BCUT2D eigenvalue weighted by molar-refractivity contribution is 5.80. The van der Waals surface area contributed by atoms with Gasteiger partial charge in [0.15, 0.2) is 0 Å². The van der Waals surface area contributed by atoms with Gasteiger partial charge in [-0.25, -0.2) is 4.79 Å². The monoisotopic (exact) mass is 261 g/mol. The Morgan fingerprint density at radius 1 is 1.37 bits per heavy atom. The van der Waals surface area contributed by atoms with E-state index >= 15 is 0 Å². The maximum atomic E-state index is 11.7. The molecule has 1 unspecified atom stereocenters. The summed E-state index contributed by atoms with van der Waals surface area (Å²) in [5.41, 5.74) is 0.963. The summed E-state index contributed by atoms with van der Waals surface area (Å²) in [7, 11) is 0. The van der Waals surface area contributed by atoms with E-state index in [1.165, 1.54) is 0 Å². The number of benzene rings is 1. The van der Waals surface area contributed by atoms with E-state index < -0.39 is 6.09 Å². The first-order valence-electron chi connectivity index (χ1n) is 6.64. The van der Waals surface area contributed by atoms with Gasteiger partial charge in [0, 0.05) is 18.9 Å². The first-order chi connectivity index (χ1) is 9.15. The molecule has 1 aliphatic rings. The summed E-state index contributed by atoms with van der Waals surface area (Å²) in [4.78, 5) is 23.0. The Morgan fingerprint density at radius 2 is 2.11 bits per heavy atom. The van der Waals surface area contributed by atoms with Crippen LogP contribution in [0.5, 0.6) is 0 Å². The highest BCUT2D eigenvalue weighted by Gasteiger charge is 2.27. The first-order valence-corrected chi connectivity index (χ1v) is 6.64. The third kappa shape index (κ3) is 4.09. The molecule has 0 bridgehead atoms. The molecule has 0 aromatic heterocycles. The van der Waals surface area contributed by atoms with Crippen LogP contribution in [-0.4, -0.2) is 17.9 Å². The molecule has 1 aromatic rings. The molecule has 102 valence electrons. The van der Waals surface area contributed by atoms with E-state index in [4.69, 9.17) is 4.74 Å². The van der Waals surface area contributed by atoms with Crippen molar-refractivity contribution in [3.63, 3.8) is 0 Å². The fraction of sp³-hybridized carbons (Fsp3) is 0.467. The van der Waals surface area contributed by atoms with E-state index in [9.17, 15) is 9.59 Å². The smallest absolute Gasteiger partial charge is 0.407 e. The van der Waals surface area contributed by atoms with Gasteiger partial charge in [0.2, 0.25) is 0 Å². The maximum absolute atomic E-state index is 11.7. The molecule has 1 aromatic carbocycles. The summed E-state index contributed by atoms with van der Waals surface area (Å²) in [6, 6.07) is 9.60. The van der Waals surface area contributed by atoms with Gasteiger partial charge in [-0.1, -0.05) is 37.3 Å². The van der Waals surface area contributed by atoms with Crippen molar-refractivity contribution in [3.8, 4) is 0 Å². The molecule has 0 radical (unpaired) electrons. The zero-order valence-electron chi connectivity index (χ0n) is 11.1. The second kappa shape index (κ2) is 6.36. The predicted octanol–water partition coefficient (Wildman–Crippen LogP) is 2.67. The van der Waals surface area contributed by atoms with Gasteiger partial charge in [-0.15, -0.1) is 0 Å². The second-order valence-corrected chi connectivity index (χ2v) is 5.07. The van der Waals surface area contributed by atoms with Crippen molar-refractivity contribution in [3.05, 3.63) is 35.9 Å². The quantitative estimate of drug-likeness (QED) is 0.910. The molecule has 1 N–H and O–H groups in total. The Kier molecular flexibility index (Phi) is 4.55. The van der Waals surface area contributed by atoms with Crippen molar-refractivity contribution in [1.29, 1.82) is 0 Å². The minimum Gasteiger partial charge on any atom is -0.445 e. The van der Waals surface area contributed by atoms with Crippen LogP contribution in [0.25, 0.3) is 0 Å². The highest BCUT2D eigenvalue weighted by atomic mass is 16.5. The Hall–Kier alpha value is -1.84. The van der Waals surface area contributed by atoms with Gasteiger partial charge in [-0.3, -0.25) is 4.79 Å². The van der Waals surface area contributed by atoms with Gasteiger partial charge in [0.05, 0.1) is 0 Å². The average Bonchev–Trinajstić information content (AvgIpc) is 2.41. The summed E-state index contributed by atoms with van der Waals surface area (Å²) in [5, 5.41) is 2.85. The average molecular weight is 261 g/mol. The summed E-state index contributed by atoms with van der Waals surface area (Å²) in [6.07, 6.45) is 1.40. The van der Waals surface area contributed by atoms with Crippen molar-refractivity contribution in [2.45, 2.75) is 38.8 Å². The number of rotatable bonds is 3. The molecule has 1 aliphatic carbocycles. The van der Waals surface area contributed by atoms with Gasteiger partial charge < -0.3 is 10.1 Å². The van der Waals surface area contributed by atoms with Gasteiger partial charge in [-0.05, 0) is 17.9 Å². The first kappa shape index (κ1) is 13.6. The van der Waals surface area contributed by atoms with Gasteiger partial charge in [0.25, 0.3) is 0 Å². The molecule has 0 aliphatic heterocycles. The number of carbonyl (C=O) groups is 2. The van der Waals surface area contributed by atoms with E-state index in [2.05, 4.69) is 5.32 Å². The number of Topliss-reactive ketones (excluding diaryl/α,β-unsaturated/α-hetero) is 1. The lowest BCUT2D eigenvalue weighted by Gasteiger charge is -2.28. The lowest BCUT2D eigenvalue weighted by molar-refractivity contribution is -0.121. The number of hydrogen-bond donors (Lipinski definition) is 1. The number of ketones is 1. The van der Waals surface area contributed by atoms with E-state index in [1.54, 1.807) is 0 Å². The van der Waals surface area contributed by atoms with Crippen LogP contribution in [0, 0.1) is 5.92 Å². The number of nitrogens with one attached hydrogen (secondary N) is 1. The standard InChI is InChI=1S/C15H19NO3/c1-11-9-13(17)7-8-14(11)16-15(18)19-10-12-5-3-2-4-6-12/h2-6,11,14H,7-10H2,1H3,(H,16,18)/t11?,14-/m1/s1. The molecule has 0 spiro atoms. The van der Waals surface area contributed by atoms with Crippen LogP contribution in [0.15, 0.2) is 30.3 Å². The molecular weight excluding hydrogens is 242 g/mol. The summed E-state index contributed by atoms with van der Waals surface area (Å²) in [6.45, 7) is 2.26. The van der Waals surface area contributed by atoms with Crippen LogP contribution >= 0.6 is 0 Å². The molecule has 2 rings (SSSR count). The minimum atomic E-state index is -0.407. The largest absolute Gasteiger partial charge is 0.445 e.